The van der Waals surface area contributed by atoms with Crippen molar-refractivity contribution in [2.45, 2.75) is 26.4 Å². The van der Waals surface area contributed by atoms with Gasteiger partial charge in [-0.3, -0.25) is 9.52 Å². The van der Waals surface area contributed by atoms with Gasteiger partial charge in [-0.25, -0.2) is 8.42 Å². The van der Waals surface area contributed by atoms with Gasteiger partial charge >= 0.3 is 0 Å². The number of rotatable bonds is 9. The predicted molar refractivity (Wildman–Crippen MR) is 164 cm³/mol. The molecular weight excluding hydrogens is 564 g/mol. The number of carbonyl (C=O) groups excluding carboxylic acids is 1. The van der Waals surface area contributed by atoms with E-state index >= 15 is 0 Å². The zero-order valence-electron chi connectivity index (χ0n) is 22.3. The molecule has 0 spiro atoms. The SMILES string of the molecule is C.CS(=O)(=O)Nc1ccccc1N1CCN(C(=O)[C@@H](Cc2ccc(Cl)cc2)NCc2ccc3c(c2)OCCO3)CC1. The number of hydrogen-bond donors (Lipinski definition) is 2. The van der Waals surface area contributed by atoms with Crippen molar-refractivity contribution in [3.63, 3.8) is 0 Å². The number of halogens is 1. The molecule has 1 atom stereocenters. The average molecular weight is 601 g/mol. The number of amides is 1. The van der Waals surface area contributed by atoms with Crippen molar-refractivity contribution < 1.29 is 22.7 Å². The molecule has 2 aliphatic heterocycles. The number of fused-ring (bicyclic) bond motifs is 1. The van der Waals surface area contributed by atoms with E-state index in [0.717, 1.165) is 28.8 Å². The minimum Gasteiger partial charge on any atom is -0.486 e. The second-order valence-corrected chi connectivity index (χ2v) is 12.1. The number of nitrogens with one attached hydrogen (secondary N) is 2. The molecule has 5 rings (SSSR count). The quantitative estimate of drug-likeness (QED) is 0.380. The first-order valence-electron chi connectivity index (χ1n) is 13.2. The zero-order chi connectivity index (χ0) is 28.1. The third kappa shape index (κ3) is 8.06. The highest BCUT2D eigenvalue weighted by atomic mass is 35.5. The van der Waals surface area contributed by atoms with Gasteiger partial charge in [0, 0.05) is 37.7 Å². The van der Waals surface area contributed by atoms with E-state index in [1.165, 1.54) is 0 Å². The Morgan fingerprint density at radius 1 is 0.927 bits per heavy atom. The van der Waals surface area contributed by atoms with E-state index in [2.05, 4.69) is 14.9 Å². The minimum absolute atomic E-state index is 0. The van der Waals surface area contributed by atoms with Crippen LogP contribution in [-0.2, 0) is 27.8 Å². The molecule has 1 amide bonds. The summed E-state index contributed by atoms with van der Waals surface area (Å²) in [6, 6.07) is 20.3. The van der Waals surface area contributed by atoms with Crippen molar-refractivity contribution in [1.82, 2.24) is 10.2 Å². The van der Waals surface area contributed by atoms with Gasteiger partial charge in [0.05, 0.1) is 23.7 Å². The number of benzene rings is 3. The molecule has 11 heteroatoms. The van der Waals surface area contributed by atoms with Gasteiger partial charge in [-0.05, 0) is 53.9 Å². The molecule has 220 valence electrons. The van der Waals surface area contributed by atoms with Gasteiger partial charge in [0.25, 0.3) is 0 Å². The topological polar surface area (TPSA) is 100 Å². The van der Waals surface area contributed by atoms with Crippen LogP contribution in [0.5, 0.6) is 11.5 Å². The second kappa shape index (κ2) is 13.5. The smallest absolute Gasteiger partial charge is 0.240 e. The van der Waals surface area contributed by atoms with Crippen molar-refractivity contribution >= 4 is 38.9 Å². The molecule has 1 fully saturated rings. The van der Waals surface area contributed by atoms with Crippen LogP contribution in [0, 0.1) is 0 Å². The maximum Gasteiger partial charge on any atom is 0.240 e. The normalized spacial score (nSPS) is 15.6. The lowest BCUT2D eigenvalue weighted by Crippen LogP contribution is -2.54. The molecule has 3 aromatic rings. The summed E-state index contributed by atoms with van der Waals surface area (Å²) in [7, 11) is -3.41. The van der Waals surface area contributed by atoms with Gasteiger partial charge in [0.15, 0.2) is 11.5 Å². The first-order chi connectivity index (χ1) is 19.2. The summed E-state index contributed by atoms with van der Waals surface area (Å²) in [4.78, 5) is 17.8. The predicted octanol–water partition coefficient (Wildman–Crippen LogP) is 4.17. The number of sulfonamides is 1. The Kier molecular flexibility index (Phi) is 10.0. The number of hydrogen-bond acceptors (Lipinski definition) is 7. The van der Waals surface area contributed by atoms with Crippen LogP contribution in [0.25, 0.3) is 0 Å². The Balaban J connectivity index is 0.00000387. The molecule has 0 bridgehead atoms. The molecule has 2 N–H and O–H groups in total. The fourth-order valence-corrected chi connectivity index (χ4v) is 5.66. The standard InChI is InChI=1S/C29H33ClN4O5S.CH4/c1-40(36,37)32-24-4-2-3-5-26(24)33-12-14-34(15-13-33)29(35)25(18-21-6-9-23(30)10-7-21)31-20-22-8-11-27-28(19-22)39-17-16-38-27;/h2-11,19,25,31-32H,12-18,20H2,1H3;1H4/t25-;/m1./s1. The molecule has 0 saturated carbocycles. The number of para-hydroxylation sites is 2. The molecule has 9 nitrogen and oxygen atoms in total. The van der Waals surface area contributed by atoms with Gasteiger partial charge in [0.1, 0.15) is 13.2 Å². The van der Waals surface area contributed by atoms with E-state index < -0.39 is 16.1 Å². The van der Waals surface area contributed by atoms with Crippen molar-refractivity contribution in [3.8, 4) is 11.5 Å². The molecule has 2 heterocycles. The Bertz CT molecular complexity index is 1440. The van der Waals surface area contributed by atoms with Crippen LogP contribution in [0.4, 0.5) is 11.4 Å². The summed E-state index contributed by atoms with van der Waals surface area (Å²) in [6.45, 7) is 3.76. The van der Waals surface area contributed by atoms with E-state index in [1.54, 1.807) is 12.1 Å². The van der Waals surface area contributed by atoms with E-state index in [0.29, 0.717) is 68.8 Å². The van der Waals surface area contributed by atoms with Crippen LogP contribution in [0.2, 0.25) is 5.02 Å². The summed E-state index contributed by atoms with van der Waals surface area (Å²) in [5.41, 5.74) is 3.34. The number of nitrogens with zero attached hydrogens (tertiary/aromatic N) is 2. The number of carbonyl (C=O) groups is 1. The van der Waals surface area contributed by atoms with Crippen molar-refractivity contribution in [3.05, 3.63) is 82.9 Å². The summed E-state index contributed by atoms with van der Waals surface area (Å²) in [5, 5.41) is 4.12. The highest BCUT2D eigenvalue weighted by Crippen LogP contribution is 2.31. The Morgan fingerprint density at radius 2 is 1.59 bits per heavy atom. The lowest BCUT2D eigenvalue weighted by atomic mass is 10.0. The molecule has 0 unspecified atom stereocenters. The maximum absolute atomic E-state index is 13.8. The van der Waals surface area contributed by atoms with Crippen molar-refractivity contribution in [2.75, 3.05) is 55.3 Å². The largest absolute Gasteiger partial charge is 0.486 e. The number of anilines is 2. The maximum atomic E-state index is 13.8. The van der Waals surface area contributed by atoms with Gasteiger partial charge in [-0.15, -0.1) is 0 Å². The fourth-order valence-electron chi connectivity index (χ4n) is 4.97. The number of piperazine rings is 1. The molecule has 0 aromatic heterocycles. The summed E-state index contributed by atoms with van der Waals surface area (Å²) < 4.78 is 37.6. The summed E-state index contributed by atoms with van der Waals surface area (Å²) in [6.07, 6.45) is 1.65. The molecule has 0 radical (unpaired) electrons. The van der Waals surface area contributed by atoms with Crippen LogP contribution < -0.4 is 24.4 Å². The second-order valence-electron chi connectivity index (χ2n) is 9.95. The third-order valence-corrected chi connectivity index (χ3v) is 7.78. The summed E-state index contributed by atoms with van der Waals surface area (Å²) >= 11 is 6.09. The highest BCUT2D eigenvalue weighted by molar-refractivity contribution is 7.92. The molecule has 0 aliphatic carbocycles. The van der Waals surface area contributed by atoms with Crippen LogP contribution in [0.1, 0.15) is 18.6 Å². The van der Waals surface area contributed by atoms with E-state index in [9.17, 15) is 13.2 Å². The Labute approximate surface area is 247 Å². The number of ether oxygens (including phenoxy) is 2. The monoisotopic (exact) mass is 600 g/mol. The molecule has 41 heavy (non-hydrogen) atoms. The lowest BCUT2D eigenvalue weighted by Gasteiger charge is -2.38. The minimum atomic E-state index is -3.41. The van der Waals surface area contributed by atoms with Crippen LogP contribution in [0.3, 0.4) is 0 Å². The molecule has 3 aromatic carbocycles. The van der Waals surface area contributed by atoms with Gasteiger partial charge in [-0.1, -0.05) is 49.4 Å². The molecular formula is C30H37ClN4O5S. The van der Waals surface area contributed by atoms with E-state index in [1.807, 2.05) is 59.5 Å². The van der Waals surface area contributed by atoms with Crippen molar-refractivity contribution in [1.29, 1.82) is 0 Å². The summed E-state index contributed by atoms with van der Waals surface area (Å²) in [5.74, 6) is 1.47. The van der Waals surface area contributed by atoms with Crippen molar-refractivity contribution in [2.24, 2.45) is 0 Å². The van der Waals surface area contributed by atoms with Gasteiger partial charge < -0.3 is 24.6 Å². The Hall–Kier alpha value is -3.47. The van der Waals surface area contributed by atoms with Crippen LogP contribution >= 0.6 is 11.6 Å². The molecule has 2 aliphatic rings. The average Bonchev–Trinajstić information content (AvgIpc) is 2.95. The lowest BCUT2D eigenvalue weighted by molar-refractivity contribution is -0.133. The van der Waals surface area contributed by atoms with Gasteiger partial charge in [0.2, 0.25) is 15.9 Å². The zero-order valence-corrected chi connectivity index (χ0v) is 23.9. The first kappa shape index (κ1) is 30.5. The van der Waals surface area contributed by atoms with Crippen LogP contribution in [0.15, 0.2) is 66.7 Å². The van der Waals surface area contributed by atoms with E-state index in [4.69, 9.17) is 21.1 Å². The van der Waals surface area contributed by atoms with Gasteiger partial charge in [-0.2, -0.15) is 0 Å². The third-order valence-electron chi connectivity index (χ3n) is 6.94. The fraction of sp³-hybridized carbons (Fsp3) is 0.367. The Morgan fingerprint density at radius 3 is 2.29 bits per heavy atom. The molecule has 1 saturated heterocycles. The first-order valence-corrected chi connectivity index (χ1v) is 15.5. The van der Waals surface area contributed by atoms with E-state index in [-0.39, 0.29) is 13.3 Å². The highest BCUT2D eigenvalue weighted by Gasteiger charge is 2.28. The van der Waals surface area contributed by atoms with Crippen LogP contribution in [-0.4, -0.2) is 70.9 Å².